The Labute approximate surface area is 176 Å². The highest BCUT2D eigenvalue weighted by Crippen LogP contribution is 2.63. The van der Waals surface area contributed by atoms with Crippen LogP contribution in [-0.4, -0.2) is 88.7 Å². The van der Waals surface area contributed by atoms with Gasteiger partial charge in [-0.05, 0) is 0 Å². The van der Waals surface area contributed by atoms with E-state index in [1.807, 2.05) is 0 Å². The molecular formula is C12H19BN5O10P3. The molecule has 1 aliphatic heterocycles. The van der Waals surface area contributed by atoms with Gasteiger partial charge in [0.25, 0.3) is 0 Å². The molecule has 0 amide bonds. The quantitative estimate of drug-likeness (QED) is 0.185. The number of fused-ring (bicyclic) bond motifs is 1. The van der Waals surface area contributed by atoms with Gasteiger partial charge in [0.2, 0.25) is 14.9 Å². The molecule has 1 saturated heterocycles. The molecule has 6 atom stereocenters. The Balaban J connectivity index is 1.69. The number of hydrogen-bond donors (Lipinski definition) is 6. The van der Waals surface area contributed by atoms with Gasteiger partial charge in [0.05, 0.1) is 18.8 Å². The summed E-state index contributed by atoms with van der Waals surface area (Å²) in [4.78, 5) is 39.1. The second-order valence-corrected chi connectivity index (χ2v) is 13.9. The van der Waals surface area contributed by atoms with Gasteiger partial charge < -0.3 is 44.5 Å². The fourth-order valence-electron chi connectivity index (χ4n) is 3.03. The lowest BCUT2D eigenvalue weighted by Gasteiger charge is -2.21. The summed E-state index contributed by atoms with van der Waals surface area (Å²) in [5, 5.41) is 20.6. The lowest BCUT2D eigenvalue weighted by Crippen LogP contribution is -2.33. The number of hydrogen-bond acceptors (Lipinski definition) is 11. The SMILES string of the molecule is [B]P(=O)(CP(=O)(O)CP(=O)(O)O)OC[C@H]1O[C@@H](n2cnc3c(N)ncnc32)[C@@H](O)C1O. The third-order valence-corrected chi connectivity index (χ3v) is 11.5. The first kappa shape index (κ1) is 24.5. The number of imidazole rings is 1. The Morgan fingerprint density at radius 2 is 1.81 bits per heavy atom. The monoisotopic (exact) mass is 497 g/mol. The van der Waals surface area contributed by atoms with Crippen LogP contribution in [0.2, 0.25) is 0 Å². The van der Waals surface area contributed by atoms with Crippen molar-refractivity contribution in [3.8, 4) is 0 Å². The zero-order valence-electron chi connectivity index (χ0n) is 15.6. The average molecular weight is 497 g/mol. The van der Waals surface area contributed by atoms with E-state index < -0.39 is 65.2 Å². The Morgan fingerprint density at radius 1 is 1.13 bits per heavy atom. The third kappa shape index (κ3) is 5.80. The van der Waals surface area contributed by atoms with Crippen LogP contribution in [0.3, 0.4) is 0 Å². The number of anilines is 1. The summed E-state index contributed by atoms with van der Waals surface area (Å²) in [6.45, 7) is -0.651. The van der Waals surface area contributed by atoms with E-state index in [0.717, 1.165) is 0 Å². The van der Waals surface area contributed by atoms with Gasteiger partial charge >= 0.3 is 7.60 Å². The second-order valence-electron chi connectivity index (χ2n) is 6.94. The van der Waals surface area contributed by atoms with Crippen molar-refractivity contribution in [2.24, 2.45) is 0 Å². The van der Waals surface area contributed by atoms with Crippen LogP contribution in [0, 0.1) is 0 Å². The number of nitrogens with two attached hydrogens (primary N) is 1. The molecule has 3 heterocycles. The number of aliphatic hydroxyl groups is 2. The van der Waals surface area contributed by atoms with E-state index in [9.17, 15) is 28.8 Å². The fourth-order valence-corrected chi connectivity index (χ4v) is 9.69. The molecule has 7 N–H and O–H groups in total. The van der Waals surface area contributed by atoms with Crippen molar-refractivity contribution in [1.82, 2.24) is 19.5 Å². The Kier molecular flexibility index (Phi) is 6.82. The number of aromatic nitrogens is 4. The van der Waals surface area contributed by atoms with Crippen LogP contribution in [0.15, 0.2) is 12.7 Å². The predicted octanol–water partition coefficient (Wildman–Crippen LogP) is -1.23. The van der Waals surface area contributed by atoms with E-state index >= 15 is 0 Å². The van der Waals surface area contributed by atoms with Crippen LogP contribution in [0.25, 0.3) is 11.2 Å². The van der Waals surface area contributed by atoms with E-state index in [-0.39, 0.29) is 17.0 Å². The molecule has 2 aromatic heterocycles. The predicted molar refractivity (Wildman–Crippen MR) is 107 cm³/mol. The van der Waals surface area contributed by atoms with Gasteiger partial charge in [-0.3, -0.25) is 13.7 Å². The summed E-state index contributed by atoms with van der Waals surface area (Å²) in [5.74, 6) is -2.51. The maximum atomic E-state index is 12.3. The third-order valence-electron chi connectivity index (χ3n) is 4.28. The number of ether oxygens (including phenoxy) is 1. The first-order valence-corrected chi connectivity index (χ1v) is 14.2. The topological polar surface area (TPSA) is 240 Å². The van der Waals surface area contributed by atoms with E-state index in [0.29, 0.717) is 0 Å². The molecule has 0 aromatic carbocycles. The van der Waals surface area contributed by atoms with Crippen molar-refractivity contribution in [2.75, 3.05) is 24.1 Å². The van der Waals surface area contributed by atoms with Crippen molar-refractivity contribution in [3.63, 3.8) is 0 Å². The van der Waals surface area contributed by atoms with E-state index in [4.69, 9.17) is 32.3 Å². The first-order valence-electron chi connectivity index (χ1n) is 8.51. The van der Waals surface area contributed by atoms with Gasteiger partial charge in [0, 0.05) is 0 Å². The van der Waals surface area contributed by atoms with Gasteiger partial charge in [-0.15, -0.1) is 0 Å². The molecule has 0 spiro atoms. The molecular weight excluding hydrogens is 478 g/mol. The molecule has 170 valence electrons. The molecule has 2 aromatic rings. The minimum atomic E-state index is -4.86. The smallest absolute Gasteiger partial charge is 0.335 e. The van der Waals surface area contributed by atoms with E-state index in [1.165, 1.54) is 17.2 Å². The largest absolute Gasteiger partial charge is 0.387 e. The van der Waals surface area contributed by atoms with Crippen LogP contribution in [0.4, 0.5) is 5.82 Å². The molecule has 3 unspecified atom stereocenters. The maximum Gasteiger partial charge on any atom is 0.335 e. The number of nitrogens with zero attached hydrogens (tertiary/aromatic N) is 4. The molecule has 0 saturated carbocycles. The van der Waals surface area contributed by atoms with E-state index in [2.05, 4.69) is 15.0 Å². The van der Waals surface area contributed by atoms with Crippen molar-refractivity contribution in [2.45, 2.75) is 24.5 Å². The first-order chi connectivity index (χ1) is 14.2. The Hall–Kier alpha value is -1.18. The summed E-state index contributed by atoms with van der Waals surface area (Å²) in [7, 11) is -8.34. The zero-order chi connectivity index (χ0) is 23.2. The lowest BCUT2D eigenvalue weighted by atomic mass is 10.1. The molecule has 2 radical (unpaired) electrons. The van der Waals surface area contributed by atoms with Gasteiger partial charge in [-0.25, -0.2) is 15.0 Å². The summed E-state index contributed by atoms with van der Waals surface area (Å²) in [6.07, 6.45) is -3.02. The molecule has 1 aliphatic rings. The number of aliphatic hydroxyl groups excluding tert-OH is 2. The maximum absolute atomic E-state index is 12.3. The molecule has 0 aliphatic carbocycles. The molecule has 3 rings (SSSR count). The standard InChI is InChI=1S/C12H19BN5O10P3/c13-30(23,4-29(21,22)5-31(24,25)26)27-1-6-8(19)9(20)12(28-6)18-3-17-7-10(14)15-2-16-11(7)18/h2-3,6,8-9,12,19-20H,1,4-5H2,(H,21,22)(H2,14,15,16)(H2,24,25,26)/t6-,8?,9+,12-,30?/m1/s1. The molecule has 1 fully saturated rings. The highest BCUT2D eigenvalue weighted by atomic mass is 31.3. The summed E-state index contributed by atoms with van der Waals surface area (Å²) >= 11 is 0. The lowest BCUT2D eigenvalue weighted by molar-refractivity contribution is -0.0467. The highest BCUT2D eigenvalue weighted by molar-refractivity contribution is 7.92. The van der Waals surface area contributed by atoms with Crippen LogP contribution in [-0.2, 0) is 23.0 Å². The summed E-state index contributed by atoms with van der Waals surface area (Å²) in [5.41, 5.74) is 6.16. The van der Waals surface area contributed by atoms with Crippen LogP contribution in [0.5, 0.6) is 0 Å². The van der Waals surface area contributed by atoms with Gasteiger partial charge in [-0.1, -0.05) is 0 Å². The molecule has 31 heavy (non-hydrogen) atoms. The Bertz CT molecular complexity index is 1110. The normalized spacial score (nSPS) is 28.4. The van der Waals surface area contributed by atoms with Gasteiger partial charge in [0.1, 0.15) is 36.1 Å². The van der Waals surface area contributed by atoms with Crippen molar-refractivity contribution < 1.29 is 47.8 Å². The minimum absolute atomic E-state index is 0.0875. The van der Waals surface area contributed by atoms with Crippen molar-refractivity contribution in [3.05, 3.63) is 12.7 Å². The van der Waals surface area contributed by atoms with Crippen molar-refractivity contribution in [1.29, 1.82) is 0 Å². The minimum Gasteiger partial charge on any atom is -0.387 e. The second kappa shape index (κ2) is 8.64. The average Bonchev–Trinajstić information content (AvgIpc) is 3.13. The van der Waals surface area contributed by atoms with Gasteiger partial charge in [-0.2, -0.15) is 0 Å². The van der Waals surface area contributed by atoms with Crippen LogP contribution >= 0.6 is 22.2 Å². The summed E-state index contributed by atoms with van der Waals surface area (Å²) < 4.78 is 46.9. The van der Waals surface area contributed by atoms with Crippen molar-refractivity contribution >= 4 is 46.8 Å². The highest BCUT2D eigenvalue weighted by Gasteiger charge is 2.45. The molecule has 0 bridgehead atoms. The van der Waals surface area contributed by atoms with Crippen LogP contribution < -0.4 is 5.73 Å². The van der Waals surface area contributed by atoms with Gasteiger partial charge in [0.15, 0.2) is 24.9 Å². The number of rotatable bonds is 8. The summed E-state index contributed by atoms with van der Waals surface area (Å²) in [6, 6.07) is 0. The van der Waals surface area contributed by atoms with Crippen LogP contribution in [0.1, 0.15) is 6.23 Å². The fraction of sp³-hybridized carbons (Fsp3) is 0.583. The zero-order valence-corrected chi connectivity index (χ0v) is 18.3. The number of nitrogen functional groups attached to an aromatic ring is 1. The van der Waals surface area contributed by atoms with E-state index in [1.54, 1.807) is 0 Å². The molecule has 15 nitrogen and oxygen atoms in total. The molecule has 19 heteroatoms. The Morgan fingerprint density at radius 3 is 2.45 bits per heavy atom.